The summed E-state index contributed by atoms with van der Waals surface area (Å²) in [5, 5.41) is 25.5. The van der Waals surface area contributed by atoms with Crippen LogP contribution < -0.4 is 5.32 Å². The molecule has 134 valence electrons. The summed E-state index contributed by atoms with van der Waals surface area (Å²) in [4.78, 5) is 11.2. The van der Waals surface area contributed by atoms with Crippen molar-refractivity contribution in [2.45, 2.75) is 12.1 Å². The van der Waals surface area contributed by atoms with Crippen molar-refractivity contribution in [3.63, 3.8) is 0 Å². The third-order valence-electron chi connectivity index (χ3n) is 4.75. The molecule has 0 aromatic heterocycles. The van der Waals surface area contributed by atoms with E-state index in [1.165, 1.54) is 6.07 Å². The van der Waals surface area contributed by atoms with Gasteiger partial charge in [-0.05, 0) is 23.3 Å². The van der Waals surface area contributed by atoms with Crippen molar-refractivity contribution in [3.8, 4) is 0 Å². The van der Waals surface area contributed by atoms with Crippen molar-refractivity contribution < 1.29 is 10.0 Å². The Morgan fingerprint density at radius 1 is 0.963 bits per heavy atom. The van der Waals surface area contributed by atoms with Crippen LogP contribution in [0.3, 0.4) is 0 Å². The molecule has 0 amide bonds. The smallest absolute Gasteiger partial charge is 0.278 e. The maximum atomic E-state index is 11.5. The average molecular weight is 358 g/mol. The number of anilines is 1. The highest BCUT2D eigenvalue weighted by atomic mass is 16.6. The molecule has 0 radical (unpaired) electrons. The number of nitro benzene ring substituents is 1. The van der Waals surface area contributed by atoms with Gasteiger partial charge in [-0.2, -0.15) is 0 Å². The molecular formula is C22H18N2O3. The summed E-state index contributed by atoms with van der Waals surface area (Å²) < 4.78 is 0. The highest BCUT2D eigenvalue weighted by Gasteiger charge is 2.33. The zero-order chi connectivity index (χ0) is 18.8. The molecule has 1 aliphatic heterocycles. The second kappa shape index (κ2) is 7.05. The molecule has 5 nitrogen and oxygen atoms in total. The van der Waals surface area contributed by atoms with E-state index in [9.17, 15) is 15.2 Å². The predicted molar refractivity (Wildman–Crippen MR) is 106 cm³/mol. The summed E-state index contributed by atoms with van der Waals surface area (Å²) in [6.45, 7) is 0. The molecule has 0 aliphatic carbocycles. The van der Waals surface area contributed by atoms with E-state index < -0.39 is 11.0 Å². The van der Waals surface area contributed by atoms with Gasteiger partial charge in [0.1, 0.15) is 6.10 Å². The normalized spacial score (nSPS) is 18.3. The number of nitrogens with zero attached hydrogens (tertiary/aromatic N) is 1. The molecule has 1 aliphatic rings. The number of nitro groups is 1. The predicted octanol–water partition coefficient (Wildman–Crippen LogP) is 4.97. The SMILES string of the molecule is O=[N+]([O-])c1cc2c(cc1C=Cc1ccccc1)C(O)C(c1ccccc1)N2. The fraction of sp³-hybridized carbons (Fsp3) is 0.0909. The summed E-state index contributed by atoms with van der Waals surface area (Å²) in [5.74, 6) is 0. The molecule has 2 unspecified atom stereocenters. The molecule has 0 spiro atoms. The lowest BCUT2D eigenvalue weighted by Gasteiger charge is -2.15. The van der Waals surface area contributed by atoms with Crippen molar-refractivity contribution in [2.24, 2.45) is 0 Å². The topological polar surface area (TPSA) is 75.4 Å². The zero-order valence-corrected chi connectivity index (χ0v) is 14.4. The Bertz CT molecular complexity index is 1000. The first-order valence-corrected chi connectivity index (χ1v) is 8.68. The van der Waals surface area contributed by atoms with Gasteiger partial charge in [0.05, 0.1) is 16.5 Å². The molecule has 1 heterocycles. The molecule has 3 aromatic rings. The first kappa shape index (κ1) is 17.0. The van der Waals surface area contributed by atoms with Gasteiger partial charge >= 0.3 is 0 Å². The second-order valence-corrected chi connectivity index (χ2v) is 6.48. The van der Waals surface area contributed by atoms with Gasteiger partial charge in [0, 0.05) is 17.3 Å². The molecule has 5 heteroatoms. The van der Waals surface area contributed by atoms with Crippen LogP contribution >= 0.6 is 0 Å². The number of hydrogen-bond acceptors (Lipinski definition) is 4. The molecule has 3 aromatic carbocycles. The van der Waals surface area contributed by atoms with E-state index in [-0.39, 0.29) is 11.7 Å². The van der Waals surface area contributed by atoms with Gasteiger partial charge in [-0.25, -0.2) is 0 Å². The molecule has 0 bridgehead atoms. The van der Waals surface area contributed by atoms with Crippen molar-refractivity contribution in [1.82, 2.24) is 0 Å². The number of aliphatic hydroxyl groups is 1. The molecule has 0 saturated heterocycles. The van der Waals surface area contributed by atoms with Gasteiger partial charge < -0.3 is 10.4 Å². The summed E-state index contributed by atoms with van der Waals surface area (Å²) in [6, 6.07) is 22.1. The molecule has 2 atom stereocenters. The van der Waals surface area contributed by atoms with Crippen LogP contribution in [0, 0.1) is 10.1 Å². The summed E-state index contributed by atoms with van der Waals surface area (Å²) in [5.41, 5.74) is 3.63. The van der Waals surface area contributed by atoms with E-state index in [0.717, 1.165) is 11.1 Å². The monoisotopic (exact) mass is 358 g/mol. The summed E-state index contributed by atoms with van der Waals surface area (Å²) in [6.07, 6.45) is 2.78. The van der Waals surface area contributed by atoms with Crippen molar-refractivity contribution in [2.75, 3.05) is 5.32 Å². The lowest BCUT2D eigenvalue weighted by atomic mass is 9.98. The lowest BCUT2D eigenvalue weighted by molar-refractivity contribution is -0.385. The number of rotatable bonds is 4. The van der Waals surface area contributed by atoms with Crippen LogP contribution in [0.2, 0.25) is 0 Å². The van der Waals surface area contributed by atoms with Crippen LogP contribution in [0.5, 0.6) is 0 Å². The lowest BCUT2D eigenvalue weighted by Crippen LogP contribution is -2.10. The Balaban J connectivity index is 1.72. The average Bonchev–Trinajstić information content (AvgIpc) is 3.03. The second-order valence-electron chi connectivity index (χ2n) is 6.48. The molecule has 2 N–H and O–H groups in total. The quantitative estimate of drug-likeness (QED) is 0.392. The van der Waals surface area contributed by atoms with Crippen molar-refractivity contribution in [1.29, 1.82) is 0 Å². The molecule has 0 saturated carbocycles. The van der Waals surface area contributed by atoms with Gasteiger partial charge in [-0.1, -0.05) is 66.7 Å². The van der Waals surface area contributed by atoms with E-state index in [1.54, 1.807) is 12.1 Å². The van der Waals surface area contributed by atoms with Crippen LogP contribution in [0.25, 0.3) is 12.2 Å². The van der Waals surface area contributed by atoms with Gasteiger partial charge in [-0.15, -0.1) is 0 Å². The minimum absolute atomic E-state index is 0.00865. The number of aliphatic hydroxyl groups excluding tert-OH is 1. The fourth-order valence-electron chi connectivity index (χ4n) is 3.39. The van der Waals surface area contributed by atoms with Gasteiger partial charge in [-0.3, -0.25) is 10.1 Å². The van der Waals surface area contributed by atoms with Crippen LogP contribution in [0.15, 0.2) is 72.8 Å². The molecule has 0 fully saturated rings. The highest BCUT2D eigenvalue weighted by molar-refractivity contribution is 5.78. The summed E-state index contributed by atoms with van der Waals surface area (Å²) in [7, 11) is 0. The Kier molecular flexibility index (Phi) is 4.44. The third-order valence-corrected chi connectivity index (χ3v) is 4.75. The highest BCUT2D eigenvalue weighted by Crippen LogP contribution is 2.45. The third kappa shape index (κ3) is 3.32. The number of fused-ring (bicyclic) bond motifs is 1. The van der Waals surface area contributed by atoms with Gasteiger partial charge in [0.25, 0.3) is 5.69 Å². The Labute approximate surface area is 156 Å². The van der Waals surface area contributed by atoms with Crippen molar-refractivity contribution >= 4 is 23.5 Å². The van der Waals surface area contributed by atoms with Crippen molar-refractivity contribution in [3.05, 3.63) is 105 Å². The van der Waals surface area contributed by atoms with Gasteiger partial charge in [0.15, 0.2) is 0 Å². The standard InChI is InChI=1S/C22H18N2O3/c25-22-18-13-17(12-11-15-7-3-1-4-8-15)20(24(26)27)14-19(18)23-21(22)16-9-5-2-6-10-16/h1-14,21-23,25H. The molecule has 27 heavy (non-hydrogen) atoms. The van der Waals surface area contributed by atoms with Crippen LogP contribution in [0.1, 0.15) is 34.4 Å². The Morgan fingerprint density at radius 2 is 1.63 bits per heavy atom. The largest absolute Gasteiger partial charge is 0.386 e. The Hall–Kier alpha value is -3.44. The molecular weight excluding hydrogens is 340 g/mol. The maximum absolute atomic E-state index is 11.5. The number of benzene rings is 3. The van der Waals surface area contributed by atoms with Gasteiger partial charge in [0.2, 0.25) is 0 Å². The van der Waals surface area contributed by atoms with Crippen LogP contribution in [0.4, 0.5) is 11.4 Å². The van der Waals surface area contributed by atoms with E-state index in [1.807, 2.05) is 66.7 Å². The van der Waals surface area contributed by atoms with Crippen LogP contribution in [-0.2, 0) is 0 Å². The molecule has 4 rings (SSSR count). The van der Waals surface area contributed by atoms with E-state index in [2.05, 4.69) is 5.32 Å². The number of nitrogens with one attached hydrogen (secondary N) is 1. The minimum atomic E-state index is -0.771. The maximum Gasteiger partial charge on any atom is 0.278 e. The van der Waals surface area contributed by atoms with Crippen LogP contribution in [-0.4, -0.2) is 10.0 Å². The Morgan fingerprint density at radius 3 is 2.30 bits per heavy atom. The zero-order valence-electron chi connectivity index (χ0n) is 14.4. The van der Waals surface area contributed by atoms with E-state index >= 15 is 0 Å². The fourth-order valence-corrected chi connectivity index (χ4v) is 3.39. The number of hydrogen-bond donors (Lipinski definition) is 2. The summed E-state index contributed by atoms with van der Waals surface area (Å²) >= 11 is 0. The van der Waals surface area contributed by atoms with E-state index in [4.69, 9.17) is 0 Å². The van der Waals surface area contributed by atoms with E-state index in [0.29, 0.717) is 16.8 Å². The minimum Gasteiger partial charge on any atom is -0.386 e. The first-order valence-electron chi connectivity index (χ1n) is 8.68. The first-order chi connectivity index (χ1) is 13.1.